The minimum absolute atomic E-state index is 0.0851. The van der Waals surface area contributed by atoms with Gasteiger partial charge in [-0.3, -0.25) is 4.79 Å². The third-order valence-corrected chi connectivity index (χ3v) is 5.58. The zero-order valence-electron chi connectivity index (χ0n) is 12.9. The Hall–Kier alpha value is -1.70. The standard InChI is InChI=1S/C16H20N2O3S2/c1-2-11-17-23(20,21)15-8-5-13(6-9-15)18-16(19)10-7-14-4-3-12-22-14/h3-6,8-9,12,17H,2,7,10-11H2,1H3,(H,18,19). The van der Waals surface area contributed by atoms with E-state index in [2.05, 4.69) is 10.0 Å². The zero-order chi connectivity index (χ0) is 16.7. The second kappa shape index (κ2) is 8.24. The van der Waals surface area contributed by atoms with Crippen LogP contribution in [0.15, 0.2) is 46.7 Å². The van der Waals surface area contributed by atoms with Crippen LogP contribution in [0.2, 0.25) is 0 Å². The third-order valence-electron chi connectivity index (χ3n) is 3.17. The van der Waals surface area contributed by atoms with Crippen LogP contribution in [0.5, 0.6) is 0 Å². The van der Waals surface area contributed by atoms with Crippen molar-refractivity contribution in [3.63, 3.8) is 0 Å². The Morgan fingerprint density at radius 2 is 1.91 bits per heavy atom. The van der Waals surface area contributed by atoms with E-state index < -0.39 is 10.0 Å². The highest BCUT2D eigenvalue weighted by molar-refractivity contribution is 7.89. The summed E-state index contributed by atoms with van der Waals surface area (Å²) in [6.07, 6.45) is 1.84. The van der Waals surface area contributed by atoms with Crippen LogP contribution in [0, 0.1) is 0 Å². The molecule has 124 valence electrons. The van der Waals surface area contributed by atoms with Crippen molar-refractivity contribution >= 4 is 33.0 Å². The van der Waals surface area contributed by atoms with Crippen LogP contribution in [0.25, 0.3) is 0 Å². The molecule has 1 aromatic carbocycles. The highest BCUT2D eigenvalue weighted by Gasteiger charge is 2.13. The molecule has 2 N–H and O–H groups in total. The van der Waals surface area contributed by atoms with Crippen molar-refractivity contribution in [3.8, 4) is 0 Å². The number of aryl methyl sites for hydroxylation is 1. The summed E-state index contributed by atoms with van der Waals surface area (Å²) in [4.78, 5) is 13.3. The summed E-state index contributed by atoms with van der Waals surface area (Å²) in [5, 5.41) is 4.76. The van der Waals surface area contributed by atoms with Crippen LogP contribution in [0.4, 0.5) is 5.69 Å². The lowest BCUT2D eigenvalue weighted by Crippen LogP contribution is -2.24. The van der Waals surface area contributed by atoms with E-state index in [-0.39, 0.29) is 10.8 Å². The van der Waals surface area contributed by atoms with Gasteiger partial charge in [0.1, 0.15) is 0 Å². The highest BCUT2D eigenvalue weighted by atomic mass is 32.2. The molecule has 0 saturated heterocycles. The van der Waals surface area contributed by atoms with Gasteiger partial charge in [-0.05, 0) is 48.6 Å². The van der Waals surface area contributed by atoms with Gasteiger partial charge in [-0.15, -0.1) is 11.3 Å². The van der Waals surface area contributed by atoms with Gasteiger partial charge in [0.05, 0.1) is 4.90 Å². The molecular formula is C16H20N2O3S2. The fraction of sp³-hybridized carbons (Fsp3) is 0.312. The van der Waals surface area contributed by atoms with Gasteiger partial charge < -0.3 is 5.32 Å². The minimum atomic E-state index is -3.47. The Morgan fingerprint density at radius 1 is 1.17 bits per heavy atom. The molecule has 1 amide bonds. The highest BCUT2D eigenvalue weighted by Crippen LogP contribution is 2.15. The van der Waals surface area contributed by atoms with Gasteiger partial charge in [-0.2, -0.15) is 0 Å². The number of thiophene rings is 1. The normalized spacial score (nSPS) is 11.3. The van der Waals surface area contributed by atoms with E-state index in [1.54, 1.807) is 23.5 Å². The monoisotopic (exact) mass is 352 g/mol. The molecule has 7 heteroatoms. The predicted molar refractivity (Wildman–Crippen MR) is 93.2 cm³/mol. The summed E-state index contributed by atoms with van der Waals surface area (Å²) in [6, 6.07) is 10.2. The van der Waals surface area contributed by atoms with Crippen molar-refractivity contribution in [3.05, 3.63) is 46.7 Å². The quantitative estimate of drug-likeness (QED) is 0.767. The summed E-state index contributed by atoms with van der Waals surface area (Å²) < 4.78 is 26.4. The van der Waals surface area contributed by atoms with E-state index in [0.717, 1.165) is 6.42 Å². The lowest BCUT2D eigenvalue weighted by atomic mass is 10.2. The maximum absolute atomic E-state index is 12.0. The Morgan fingerprint density at radius 3 is 2.52 bits per heavy atom. The van der Waals surface area contributed by atoms with Crippen LogP contribution in [-0.4, -0.2) is 20.9 Å². The Labute approximate surface area is 140 Å². The van der Waals surface area contributed by atoms with E-state index in [1.807, 2.05) is 24.4 Å². The lowest BCUT2D eigenvalue weighted by molar-refractivity contribution is -0.116. The zero-order valence-corrected chi connectivity index (χ0v) is 14.5. The molecular weight excluding hydrogens is 332 g/mol. The van der Waals surface area contributed by atoms with Gasteiger partial charge >= 0.3 is 0 Å². The molecule has 0 aliphatic carbocycles. The lowest BCUT2D eigenvalue weighted by Gasteiger charge is -2.08. The average molecular weight is 352 g/mol. The van der Waals surface area contributed by atoms with Crippen molar-refractivity contribution in [2.24, 2.45) is 0 Å². The van der Waals surface area contributed by atoms with E-state index in [0.29, 0.717) is 25.1 Å². The Balaban J connectivity index is 1.90. The van der Waals surface area contributed by atoms with Gasteiger partial charge in [0.2, 0.25) is 15.9 Å². The van der Waals surface area contributed by atoms with E-state index in [1.165, 1.54) is 17.0 Å². The molecule has 0 radical (unpaired) electrons. The molecule has 0 spiro atoms. The average Bonchev–Trinajstić information content (AvgIpc) is 3.05. The Bertz CT molecular complexity index is 723. The maximum Gasteiger partial charge on any atom is 0.240 e. The fourth-order valence-electron chi connectivity index (χ4n) is 1.95. The van der Waals surface area contributed by atoms with Crippen molar-refractivity contribution < 1.29 is 13.2 Å². The molecule has 0 fully saturated rings. The number of sulfonamides is 1. The molecule has 2 rings (SSSR count). The van der Waals surface area contributed by atoms with Gasteiger partial charge in [0.25, 0.3) is 0 Å². The van der Waals surface area contributed by atoms with Crippen LogP contribution < -0.4 is 10.0 Å². The smallest absolute Gasteiger partial charge is 0.240 e. The topological polar surface area (TPSA) is 75.3 Å². The molecule has 1 heterocycles. The molecule has 0 aliphatic rings. The van der Waals surface area contributed by atoms with Crippen molar-refractivity contribution in [1.29, 1.82) is 0 Å². The molecule has 1 aromatic heterocycles. The van der Waals surface area contributed by atoms with Crippen molar-refractivity contribution in [1.82, 2.24) is 4.72 Å². The van der Waals surface area contributed by atoms with E-state index in [4.69, 9.17) is 0 Å². The van der Waals surface area contributed by atoms with Crippen LogP contribution >= 0.6 is 11.3 Å². The largest absolute Gasteiger partial charge is 0.326 e. The summed E-state index contributed by atoms with van der Waals surface area (Å²) in [7, 11) is -3.47. The third kappa shape index (κ3) is 5.46. The first-order chi connectivity index (χ1) is 11.0. The van der Waals surface area contributed by atoms with Gasteiger partial charge in [-0.1, -0.05) is 13.0 Å². The summed E-state index contributed by atoms with van der Waals surface area (Å²) in [5.74, 6) is -0.0851. The SMILES string of the molecule is CCCNS(=O)(=O)c1ccc(NC(=O)CCc2cccs2)cc1. The molecule has 0 bridgehead atoms. The molecule has 0 atom stereocenters. The van der Waals surface area contributed by atoms with Crippen LogP contribution in [0.1, 0.15) is 24.6 Å². The predicted octanol–water partition coefficient (Wildman–Crippen LogP) is 3.01. The number of hydrogen-bond donors (Lipinski definition) is 2. The number of rotatable bonds is 8. The first-order valence-electron chi connectivity index (χ1n) is 7.43. The second-order valence-corrected chi connectivity index (χ2v) is 7.85. The van der Waals surface area contributed by atoms with Gasteiger partial charge in [-0.25, -0.2) is 13.1 Å². The number of hydrogen-bond acceptors (Lipinski definition) is 4. The number of carbonyl (C=O) groups excluding carboxylic acids is 1. The second-order valence-electron chi connectivity index (χ2n) is 5.05. The molecule has 23 heavy (non-hydrogen) atoms. The molecule has 0 unspecified atom stereocenters. The van der Waals surface area contributed by atoms with Crippen molar-refractivity contribution in [2.45, 2.75) is 31.1 Å². The first kappa shape index (κ1) is 17.7. The van der Waals surface area contributed by atoms with E-state index >= 15 is 0 Å². The van der Waals surface area contributed by atoms with Crippen molar-refractivity contribution in [2.75, 3.05) is 11.9 Å². The maximum atomic E-state index is 12.0. The van der Waals surface area contributed by atoms with Crippen LogP contribution in [-0.2, 0) is 21.2 Å². The number of amides is 1. The first-order valence-corrected chi connectivity index (χ1v) is 9.79. The molecule has 5 nitrogen and oxygen atoms in total. The number of nitrogens with one attached hydrogen (secondary N) is 2. The fourth-order valence-corrected chi connectivity index (χ4v) is 3.80. The Kier molecular flexibility index (Phi) is 6.32. The van der Waals surface area contributed by atoms with E-state index in [9.17, 15) is 13.2 Å². The molecule has 0 saturated carbocycles. The number of carbonyl (C=O) groups is 1. The summed E-state index contributed by atoms with van der Waals surface area (Å²) in [5.41, 5.74) is 0.593. The number of anilines is 1. The molecule has 2 aromatic rings. The number of benzene rings is 1. The summed E-state index contributed by atoms with van der Waals surface area (Å²) >= 11 is 1.63. The van der Waals surface area contributed by atoms with Gasteiger partial charge in [0, 0.05) is 23.5 Å². The molecule has 0 aliphatic heterocycles. The van der Waals surface area contributed by atoms with Crippen LogP contribution in [0.3, 0.4) is 0 Å². The van der Waals surface area contributed by atoms with Gasteiger partial charge in [0.15, 0.2) is 0 Å². The summed E-state index contributed by atoms with van der Waals surface area (Å²) in [6.45, 7) is 2.31. The minimum Gasteiger partial charge on any atom is -0.326 e.